The van der Waals surface area contributed by atoms with E-state index in [0.717, 1.165) is 38.2 Å². The summed E-state index contributed by atoms with van der Waals surface area (Å²) in [6.45, 7) is 1.36. The van der Waals surface area contributed by atoms with E-state index in [-0.39, 0.29) is 0 Å². The molecule has 0 aromatic carbocycles. The molecule has 94 valence electrons. The van der Waals surface area contributed by atoms with Gasteiger partial charge in [0.2, 0.25) is 0 Å². The Balaban J connectivity index is 1.59. The van der Waals surface area contributed by atoms with Gasteiger partial charge in [0.15, 0.2) is 0 Å². The Kier molecular flexibility index (Phi) is 5.11. The fourth-order valence-electron chi connectivity index (χ4n) is 3.11. The van der Waals surface area contributed by atoms with Crippen LogP contribution in [0.3, 0.4) is 0 Å². The molecule has 2 aliphatic rings. The number of aliphatic hydroxyl groups excluding tert-OH is 1. The molecule has 2 nitrogen and oxygen atoms in total. The van der Waals surface area contributed by atoms with E-state index in [1.165, 1.54) is 32.1 Å². The zero-order valence-corrected chi connectivity index (χ0v) is 10.4. The van der Waals surface area contributed by atoms with Crippen LogP contribution in [0, 0.1) is 11.8 Å². The van der Waals surface area contributed by atoms with Crippen LogP contribution in [-0.2, 0) is 4.74 Å². The third-order valence-electron chi connectivity index (χ3n) is 4.34. The van der Waals surface area contributed by atoms with Gasteiger partial charge in [0.25, 0.3) is 0 Å². The van der Waals surface area contributed by atoms with Gasteiger partial charge in [-0.05, 0) is 50.4 Å². The lowest BCUT2D eigenvalue weighted by molar-refractivity contribution is -0.0114. The molecule has 2 saturated carbocycles. The van der Waals surface area contributed by atoms with E-state index in [0.29, 0.717) is 18.6 Å². The van der Waals surface area contributed by atoms with E-state index in [1.54, 1.807) is 0 Å². The van der Waals surface area contributed by atoms with E-state index in [2.05, 4.69) is 0 Å². The van der Waals surface area contributed by atoms with Gasteiger partial charge in [-0.1, -0.05) is 19.3 Å². The molecule has 1 N–H and O–H groups in total. The van der Waals surface area contributed by atoms with Crippen LogP contribution in [0.2, 0.25) is 0 Å². The van der Waals surface area contributed by atoms with Crippen molar-refractivity contribution in [1.82, 2.24) is 0 Å². The van der Waals surface area contributed by atoms with Crippen LogP contribution in [0.1, 0.15) is 57.8 Å². The minimum atomic E-state index is 0.370. The van der Waals surface area contributed by atoms with E-state index in [4.69, 9.17) is 9.84 Å². The van der Waals surface area contributed by atoms with Crippen molar-refractivity contribution in [3.8, 4) is 0 Å². The van der Waals surface area contributed by atoms with Gasteiger partial charge in [0, 0.05) is 13.2 Å². The topological polar surface area (TPSA) is 29.5 Å². The summed E-state index contributed by atoms with van der Waals surface area (Å²) in [5.41, 5.74) is 0. The highest BCUT2D eigenvalue weighted by Gasteiger charge is 2.22. The third-order valence-corrected chi connectivity index (χ3v) is 4.34. The van der Waals surface area contributed by atoms with Crippen molar-refractivity contribution >= 4 is 0 Å². The van der Waals surface area contributed by atoms with Crippen molar-refractivity contribution < 1.29 is 9.84 Å². The SMILES string of the molecule is OCC1CCC(OCC2CCCCC2)CC1. The van der Waals surface area contributed by atoms with E-state index in [1.807, 2.05) is 0 Å². The van der Waals surface area contributed by atoms with Crippen molar-refractivity contribution in [1.29, 1.82) is 0 Å². The van der Waals surface area contributed by atoms with Gasteiger partial charge in [0.05, 0.1) is 6.10 Å². The Morgan fingerprint density at radius 1 is 0.812 bits per heavy atom. The van der Waals surface area contributed by atoms with E-state index >= 15 is 0 Å². The van der Waals surface area contributed by atoms with Crippen LogP contribution in [0.25, 0.3) is 0 Å². The van der Waals surface area contributed by atoms with Gasteiger partial charge in [-0.15, -0.1) is 0 Å². The lowest BCUT2D eigenvalue weighted by atomic mass is 9.87. The summed E-state index contributed by atoms with van der Waals surface area (Å²) in [6, 6.07) is 0. The Labute approximate surface area is 99.4 Å². The number of ether oxygens (including phenoxy) is 1. The first-order valence-electron chi connectivity index (χ1n) is 7.11. The highest BCUT2D eigenvalue weighted by molar-refractivity contribution is 4.73. The molecule has 0 unspecified atom stereocenters. The number of rotatable bonds is 4. The first-order chi connectivity index (χ1) is 7.88. The predicted molar refractivity (Wildman–Crippen MR) is 65.4 cm³/mol. The first-order valence-corrected chi connectivity index (χ1v) is 7.11. The molecular formula is C14H26O2. The largest absolute Gasteiger partial charge is 0.396 e. The van der Waals surface area contributed by atoms with Crippen LogP contribution in [0.4, 0.5) is 0 Å². The van der Waals surface area contributed by atoms with E-state index < -0.39 is 0 Å². The van der Waals surface area contributed by atoms with Crippen LogP contribution < -0.4 is 0 Å². The van der Waals surface area contributed by atoms with Gasteiger partial charge >= 0.3 is 0 Å². The van der Waals surface area contributed by atoms with Gasteiger partial charge in [0.1, 0.15) is 0 Å². The number of aliphatic hydroxyl groups is 1. The molecule has 2 rings (SSSR count). The van der Waals surface area contributed by atoms with Crippen molar-refractivity contribution in [2.75, 3.05) is 13.2 Å². The second-order valence-corrected chi connectivity index (χ2v) is 5.66. The van der Waals surface area contributed by atoms with Gasteiger partial charge in [-0.25, -0.2) is 0 Å². The molecule has 0 aromatic rings. The molecule has 0 spiro atoms. The highest BCUT2D eigenvalue weighted by atomic mass is 16.5. The van der Waals surface area contributed by atoms with Crippen molar-refractivity contribution in [3.63, 3.8) is 0 Å². The average molecular weight is 226 g/mol. The zero-order valence-electron chi connectivity index (χ0n) is 10.4. The summed E-state index contributed by atoms with van der Waals surface area (Å²) in [5, 5.41) is 9.07. The van der Waals surface area contributed by atoms with Crippen LogP contribution >= 0.6 is 0 Å². The Hall–Kier alpha value is -0.0800. The molecule has 2 aliphatic carbocycles. The van der Waals surface area contributed by atoms with Crippen LogP contribution in [0.15, 0.2) is 0 Å². The normalized spacial score (nSPS) is 32.8. The zero-order chi connectivity index (χ0) is 11.2. The van der Waals surface area contributed by atoms with E-state index in [9.17, 15) is 0 Å². The Morgan fingerprint density at radius 2 is 1.50 bits per heavy atom. The predicted octanol–water partition coefficient (Wildman–Crippen LogP) is 3.13. The summed E-state index contributed by atoms with van der Waals surface area (Å²) >= 11 is 0. The molecule has 0 amide bonds. The van der Waals surface area contributed by atoms with Crippen LogP contribution in [0.5, 0.6) is 0 Å². The summed E-state index contributed by atoms with van der Waals surface area (Å²) in [5.74, 6) is 1.39. The fourth-order valence-corrected chi connectivity index (χ4v) is 3.11. The standard InChI is InChI=1S/C14H26O2/c15-10-12-6-8-14(9-7-12)16-11-13-4-2-1-3-5-13/h12-15H,1-11H2. The Bertz CT molecular complexity index is 179. The minimum Gasteiger partial charge on any atom is -0.396 e. The number of hydrogen-bond acceptors (Lipinski definition) is 2. The maximum atomic E-state index is 9.07. The Morgan fingerprint density at radius 3 is 2.12 bits per heavy atom. The molecule has 16 heavy (non-hydrogen) atoms. The molecular weight excluding hydrogens is 200 g/mol. The molecule has 0 aliphatic heterocycles. The van der Waals surface area contributed by atoms with Crippen molar-refractivity contribution in [2.24, 2.45) is 11.8 Å². The quantitative estimate of drug-likeness (QED) is 0.798. The lowest BCUT2D eigenvalue weighted by Crippen LogP contribution is -2.26. The van der Waals surface area contributed by atoms with Gasteiger partial charge in [-0.3, -0.25) is 0 Å². The third kappa shape index (κ3) is 3.74. The smallest absolute Gasteiger partial charge is 0.0575 e. The average Bonchev–Trinajstić information content (AvgIpc) is 2.38. The van der Waals surface area contributed by atoms with Crippen molar-refractivity contribution in [3.05, 3.63) is 0 Å². The summed E-state index contributed by atoms with van der Waals surface area (Å²) in [6.07, 6.45) is 12.1. The minimum absolute atomic E-state index is 0.370. The molecule has 0 atom stereocenters. The highest BCUT2D eigenvalue weighted by Crippen LogP contribution is 2.28. The molecule has 0 radical (unpaired) electrons. The summed E-state index contributed by atoms with van der Waals surface area (Å²) < 4.78 is 6.03. The van der Waals surface area contributed by atoms with Gasteiger partial charge < -0.3 is 9.84 Å². The van der Waals surface area contributed by atoms with Gasteiger partial charge in [-0.2, -0.15) is 0 Å². The van der Waals surface area contributed by atoms with Crippen LogP contribution in [-0.4, -0.2) is 24.4 Å². The number of hydrogen-bond donors (Lipinski definition) is 1. The first kappa shape index (κ1) is 12.4. The maximum absolute atomic E-state index is 9.07. The molecule has 0 heterocycles. The summed E-state index contributed by atoms with van der Waals surface area (Å²) in [4.78, 5) is 0. The molecule has 2 heteroatoms. The molecule has 0 saturated heterocycles. The molecule has 0 aromatic heterocycles. The van der Waals surface area contributed by atoms with Crippen molar-refractivity contribution in [2.45, 2.75) is 63.9 Å². The fraction of sp³-hybridized carbons (Fsp3) is 1.00. The molecule has 2 fully saturated rings. The lowest BCUT2D eigenvalue weighted by Gasteiger charge is -2.29. The summed E-state index contributed by atoms with van der Waals surface area (Å²) in [7, 11) is 0. The molecule has 0 bridgehead atoms. The second-order valence-electron chi connectivity index (χ2n) is 5.66. The second kappa shape index (κ2) is 6.61. The monoisotopic (exact) mass is 226 g/mol. The maximum Gasteiger partial charge on any atom is 0.0575 e.